The van der Waals surface area contributed by atoms with Crippen molar-refractivity contribution < 1.29 is 9.90 Å². The van der Waals surface area contributed by atoms with Crippen molar-refractivity contribution >= 4 is 22.4 Å². The molecule has 0 aromatic carbocycles. The number of carbonyl (C=O) groups excluding carboxylic acids is 1. The molecule has 3 aromatic heterocycles. The number of anilines is 1. The first-order chi connectivity index (χ1) is 12.2. The highest BCUT2D eigenvalue weighted by atomic mass is 32.1. The minimum atomic E-state index is -1.05. The summed E-state index contributed by atoms with van der Waals surface area (Å²) in [5.41, 5.74) is 0.780. The molecule has 0 aliphatic rings. The Morgan fingerprint density at radius 1 is 1.35 bits per heavy atom. The fourth-order valence-corrected chi connectivity index (χ4v) is 3.34. The topological polar surface area (TPSA) is 89.2 Å². The van der Waals surface area contributed by atoms with Crippen LogP contribution in [0.3, 0.4) is 0 Å². The predicted molar refractivity (Wildman–Crippen MR) is 101 cm³/mol. The van der Waals surface area contributed by atoms with E-state index in [0.29, 0.717) is 23.1 Å². The summed E-state index contributed by atoms with van der Waals surface area (Å²) in [6.07, 6.45) is 3.56. The molecule has 0 aliphatic heterocycles. The number of aromatic nitrogens is 3. The molecule has 3 rings (SSSR count). The van der Waals surface area contributed by atoms with E-state index in [1.807, 2.05) is 6.20 Å². The van der Waals surface area contributed by atoms with Gasteiger partial charge in [0, 0.05) is 37.4 Å². The molecule has 0 fully saturated rings. The first-order valence-corrected chi connectivity index (χ1v) is 8.92. The monoisotopic (exact) mass is 372 g/mol. The molecule has 3 heterocycles. The first kappa shape index (κ1) is 18.1. The van der Waals surface area contributed by atoms with Crippen LogP contribution in [0.4, 0.5) is 5.13 Å². The fourth-order valence-electron chi connectivity index (χ4n) is 2.47. The van der Waals surface area contributed by atoms with Crippen LogP contribution in [0, 0.1) is 0 Å². The van der Waals surface area contributed by atoms with E-state index in [1.165, 1.54) is 22.0 Å². The van der Waals surface area contributed by atoms with Crippen LogP contribution in [0.25, 0.3) is 0 Å². The summed E-state index contributed by atoms with van der Waals surface area (Å²) in [4.78, 5) is 28.3. The molecular formula is C18H20N4O3S. The van der Waals surface area contributed by atoms with Gasteiger partial charge in [0.15, 0.2) is 5.13 Å². The van der Waals surface area contributed by atoms with Gasteiger partial charge in [0.2, 0.25) is 5.56 Å². The van der Waals surface area contributed by atoms with Crippen LogP contribution >= 0.6 is 11.3 Å². The van der Waals surface area contributed by atoms with E-state index >= 15 is 0 Å². The molecule has 0 unspecified atom stereocenters. The van der Waals surface area contributed by atoms with E-state index in [1.54, 1.807) is 55.2 Å². The minimum Gasteiger partial charge on any atom is -0.384 e. The van der Waals surface area contributed by atoms with Crippen LogP contribution in [-0.2, 0) is 19.2 Å². The molecular weight excluding hydrogens is 352 g/mol. The molecule has 2 N–H and O–H groups in total. The summed E-state index contributed by atoms with van der Waals surface area (Å²) in [5.74, 6) is -0.281. The highest BCUT2D eigenvalue weighted by Gasteiger charge is 2.21. The number of nitrogens with zero attached hydrogens (tertiary/aromatic N) is 3. The third kappa shape index (κ3) is 3.92. The highest BCUT2D eigenvalue weighted by molar-refractivity contribution is 7.14. The van der Waals surface area contributed by atoms with Gasteiger partial charge in [0.1, 0.15) is 11.3 Å². The van der Waals surface area contributed by atoms with Crippen molar-refractivity contribution in [2.75, 3.05) is 5.32 Å². The quantitative estimate of drug-likeness (QED) is 0.718. The molecule has 136 valence electrons. The van der Waals surface area contributed by atoms with Gasteiger partial charge in [-0.3, -0.25) is 14.9 Å². The van der Waals surface area contributed by atoms with Crippen LogP contribution < -0.4 is 10.9 Å². The molecule has 1 amide bonds. The number of amides is 1. The number of hydrogen-bond donors (Lipinski definition) is 2. The average molecular weight is 372 g/mol. The largest absolute Gasteiger partial charge is 0.384 e. The van der Waals surface area contributed by atoms with Gasteiger partial charge in [-0.1, -0.05) is 6.07 Å². The van der Waals surface area contributed by atoms with Crippen LogP contribution in [0.15, 0.2) is 46.8 Å². The SMILES string of the molecule is Cn1cc(Cn2cccc2C(=O)Nc2nc(C(C)(C)O)cs2)ccc1=O. The Morgan fingerprint density at radius 2 is 2.12 bits per heavy atom. The zero-order chi connectivity index (χ0) is 18.9. The van der Waals surface area contributed by atoms with E-state index in [2.05, 4.69) is 10.3 Å². The molecule has 8 heteroatoms. The highest BCUT2D eigenvalue weighted by Crippen LogP contribution is 2.25. The maximum absolute atomic E-state index is 12.6. The summed E-state index contributed by atoms with van der Waals surface area (Å²) in [5, 5.41) is 14.9. The Balaban J connectivity index is 1.77. The van der Waals surface area contributed by atoms with Gasteiger partial charge in [-0.25, -0.2) is 4.98 Å². The summed E-state index contributed by atoms with van der Waals surface area (Å²) in [6, 6.07) is 6.77. The molecule has 0 saturated heterocycles. The van der Waals surface area contributed by atoms with Crippen molar-refractivity contribution in [2.24, 2.45) is 7.05 Å². The van der Waals surface area contributed by atoms with Crippen molar-refractivity contribution in [3.63, 3.8) is 0 Å². The number of carbonyl (C=O) groups is 1. The molecule has 0 atom stereocenters. The third-order valence-corrected chi connectivity index (χ3v) is 4.67. The maximum Gasteiger partial charge on any atom is 0.274 e. The Bertz CT molecular complexity index is 994. The lowest BCUT2D eigenvalue weighted by molar-refractivity contribution is 0.0745. The second-order valence-corrected chi connectivity index (χ2v) is 7.42. The number of aliphatic hydroxyl groups is 1. The van der Waals surface area contributed by atoms with Gasteiger partial charge in [-0.2, -0.15) is 0 Å². The van der Waals surface area contributed by atoms with E-state index in [9.17, 15) is 14.7 Å². The normalized spacial score (nSPS) is 11.5. The molecule has 0 bridgehead atoms. The third-order valence-electron chi connectivity index (χ3n) is 3.91. The molecule has 0 aliphatic carbocycles. The van der Waals surface area contributed by atoms with E-state index in [-0.39, 0.29) is 11.5 Å². The van der Waals surface area contributed by atoms with Crippen molar-refractivity contribution in [1.29, 1.82) is 0 Å². The van der Waals surface area contributed by atoms with Crippen molar-refractivity contribution in [3.05, 3.63) is 69.3 Å². The zero-order valence-corrected chi connectivity index (χ0v) is 15.6. The molecule has 0 radical (unpaired) electrons. The van der Waals surface area contributed by atoms with Gasteiger partial charge in [-0.15, -0.1) is 11.3 Å². The summed E-state index contributed by atoms with van der Waals surface area (Å²) in [7, 11) is 1.69. The van der Waals surface area contributed by atoms with Crippen LogP contribution in [0.1, 0.15) is 35.6 Å². The van der Waals surface area contributed by atoms with Crippen molar-refractivity contribution in [1.82, 2.24) is 14.1 Å². The summed E-state index contributed by atoms with van der Waals surface area (Å²) >= 11 is 1.27. The zero-order valence-electron chi connectivity index (χ0n) is 14.8. The Morgan fingerprint density at radius 3 is 2.77 bits per heavy atom. The van der Waals surface area contributed by atoms with E-state index in [0.717, 1.165) is 5.56 Å². The molecule has 0 spiro atoms. The Labute approximate surface area is 154 Å². The molecule has 26 heavy (non-hydrogen) atoms. The van der Waals surface area contributed by atoms with Gasteiger partial charge in [0.05, 0.1) is 5.69 Å². The smallest absolute Gasteiger partial charge is 0.274 e. The van der Waals surface area contributed by atoms with Crippen LogP contribution in [0.5, 0.6) is 0 Å². The van der Waals surface area contributed by atoms with Crippen LogP contribution in [-0.4, -0.2) is 25.1 Å². The summed E-state index contributed by atoms with van der Waals surface area (Å²) in [6.45, 7) is 3.76. The molecule has 3 aromatic rings. The van der Waals surface area contributed by atoms with Crippen molar-refractivity contribution in [3.8, 4) is 0 Å². The molecule has 0 saturated carbocycles. The van der Waals surface area contributed by atoms with Gasteiger partial charge < -0.3 is 14.2 Å². The number of aryl methyl sites for hydroxylation is 1. The number of pyridine rings is 1. The van der Waals surface area contributed by atoms with Crippen LogP contribution in [0.2, 0.25) is 0 Å². The fraction of sp³-hybridized carbons (Fsp3) is 0.278. The standard InChI is InChI=1S/C18H20N4O3S/c1-18(2,25)14-11-26-17(19-14)20-16(24)13-5-4-8-22(13)10-12-6-7-15(23)21(3)9-12/h4-9,11,25H,10H2,1-3H3,(H,19,20,24). The van der Waals surface area contributed by atoms with Gasteiger partial charge in [0.25, 0.3) is 5.91 Å². The second kappa shape index (κ2) is 6.89. The number of nitrogens with one attached hydrogen (secondary N) is 1. The van der Waals surface area contributed by atoms with E-state index < -0.39 is 5.60 Å². The Hall–Kier alpha value is -2.71. The van der Waals surface area contributed by atoms with E-state index in [4.69, 9.17) is 0 Å². The second-order valence-electron chi connectivity index (χ2n) is 6.56. The Kier molecular flexibility index (Phi) is 4.80. The lowest BCUT2D eigenvalue weighted by Gasteiger charge is -2.13. The minimum absolute atomic E-state index is 0.0781. The molecule has 7 nitrogen and oxygen atoms in total. The lowest BCUT2D eigenvalue weighted by atomic mass is 10.1. The van der Waals surface area contributed by atoms with Gasteiger partial charge >= 0.3 is 0 Å². The first-order valence-electron chi connectivity index (χ1n) is 8.04. The number of thiazole rings is 1. The van der Waals surface area contributed by atoms with Gasteiger partial charge in [-0.05, 0) is 31.5 Å². The number of rotatable bonds is 5. The lowest BCUT2D eigenvalue weighted by Crippen LogP contribution is -2.19. The predicted octanol–water partition coefficient (Wildman–Crippen LogP) is 2.17. The number of hydrogen-bond acceptors (Lipinski definition) is 5. The average Bonchev–Trinajstić information content (AvgIpc) is 3.20. The maximum atomic E-state index is 12.6. The summed E-state index contributed by atoms with van der Waals surface area (Å²) < 4.78 is 3.31. The van der Waals surface area contributed by atoms with Crippen molar-refractivity contribution in [2.45, 2.75) is 26.0 Å².